The van der Waals surface area contributed by atoms with Gasteiger partial charge in [-0.15, -0.1) is 0 Å². The predicted molar refractivity (Wildman–Crippen MR) is 160 cm³/mol. The number of benzene rings is 1. The number of imide groups is 1. The van der Waals surface area contributed by atoms with Crippen molar-refractivity contribution in [1.29, 1.82) is 0 Å². The number of halogens is 1. The van der Waals surface area contributed by atoms with Gasteiger partial charge in [0.1, 0.15) is 17.5 Å². The van der Waals surface area contributed by atoms with E-state index < -0.39 is 47.4 Å². The fourth-order valence-electron chi connectivity index (χ4n) is 7.32. The Kier molecular flexibility index (Phi) is 8.84. The largest absolute Gasteiger partial charge is 0.460 e. The fourth-order valence-corrected chi connectivity index (χ4v) is 7.32. The van der Waals surface area contributed by atoms with E-state index in [0.29, 0.717) is 25.0 Å². The molecule has 1 saturated heterocycles. The Bertz CT molecular complexity index is 1420. The normalized spacial score (nSPS) is 29.8. The van der Waals surface area contributed by atoms with Crippen LogP contribution in [0.15, 0.2) is 48.7 Å². The highest BCUT2D eigenvalue weighted by Gasteiger charge is 2.64. The molecule has 0 bridgehead atoms. The average molecular weight is 609 g/mol. The summed E-state index contributed by atoms with van der Waals surface area (Å²) < 4.78 is 30.1. The van der Waals surface area contributed by atoms with Crippen LogP contribution in [0, 0.1) is 29.5 Å². The number of rotatable bonds is 5. The van der Waals surface area contributed by atoms with Crippen molar-refractivity contribution in [1.82, 2.24) is 9.88 Å². The molecule has 44 heavy (non-hydrogen) atoms. The van der Waals surface area contributed by atoms with E-state index in [2.05, 4.69) is 4.98 Å². The molecule has 5 rings (SSSR count). The lowest BCUT2D eigenvalue weighted by molar-refractivity contribution is -0.162. The van der Waals surface area contributed by atoms with Crippen molar-refractivity contribution in [2.75, 3.05) is 6.61 Å². The lowest BCUT2D eigenvalue weighted by Crippen LogP contribution is -2.57. The molecule has 236 valence electrons. The van der Waals surface area contributed by atoms with Crippen molar-refractivity contribution < 1.29 is 38.1 Å². The maximum atomic E-state index is 13.7. The van der Waals surface area contributed by atoms with Gasteiger partial charge >= 0.3 is 18.2 Å². The van der Waals surface area contributed by atoms with E-state index in [-0.39, 0.29) is 36.6 Å². The molecule has 1 unspecified atom stereocenters. The number of cyclic esters (lactones) is 1. The van der Waals surface area contributed by atoms with Gasteiger partial charge in [0.25, 0.3) is 0 Å². The summed E-state index contributed by atoms with van der Waals surface area (Å²) in [6.45, 7) is 8.78. The zero-order valence-corrected chi connectivity index (χ0v) is 25.9. The zero-order chi connectivity index (χ0) is 31.8. The average Bonchev–Trinajstić information content (AvgIpc) is 3.17. The number of nitrogens with zero attached hydrogens (tertiary/aromatic N) is 2. The molecule has 2 aliphatic carbocycles. The van der Waals surface area contributed by atoms with Crippen LogP contribution in [0.4, 0.5) is 14.0 Å². The molecule has 1 aromatic heterocycles. The molecule has 1 aliphatic heterocycles. The lowest BCUT2D eigenvalue weighted by atomic mass is 9.55. The number of allylic oxidation sites excluding steroid dienone is 1. The topological polar surface area (TPSA) is 115 Å². The SMILES string of the molecule is CCOC(=O)N(C(=O)OC(C)(C)C)C1CC[C@@H]2[C@@H](C1)C[C@@]1(O)C(=O)O[C@H](C)[C@H]1[C@H]2C=Cc1ccc(-c2cccc(F)c2)cn1. The summed E-state index contributed by atoms with van der Waals surface area (Å²) in [5.41, 5.74) is -0.307. The summed E-state index contributed by atoms with van der Waals surface area (Å²) in [5, 5.41) is 11.8. The minimum Gasteiger partial charge on any atom is -0.460 e. The molecular formula is C34H41FN2O7. The van der Waals surface area contributed by atoms with E-state index in [1.54, 1.807) is 40.0 Å². The maximum absolute atomic E-state index is 13.7. The summed E-state index contributed by atoms with van der Waals surface area (Å²) in [4.78, 5) is 44.8. The maximum Gasteiger partial charge on any atom is 0.420 e. The summed E-state index contributed by atoms with van der Waals surface area (Å²) >= 11 is 0. The molecule has 7 atom stereocenters. The summed E-state index contributed by atoms with van der Waals surface area (Å²) in [6.07, 6.45) is 5.30. The Balaban J connectivity index is 1.41. The first-order valence-corrected chi connectivity index (χ1v) is 15.3. The summed E-state index contributed by atoms with van der Waals surface area (Å²) in [6, 6.07) is 9.53. The number of aliphatic hydroxyl groups is 1. The number of aromatic nitrogens is 1. The summed E-state index contributed by atoms with van der Waals surface area (Å²) in [5.74, 6) is -1.74. The molecule has 1 N–H and O–H groups in total. The van der Waals surface area contributed by atoms with Crippen molar-refractivity contribution in [3.63, 3.8) is 0 Å². The van der Waals surface area contributed by atoms with E-state index in [4.69, 9.17) is 14.2 Å². The molecule has 2 aromatic rings. The van der Waals surface area contributed by atoms with Crippen LogP contribution in [0.3, 0.4) is 0 Å². The van der Waals surface area contributed by atoms with Gasteiger partial charge in [-0.2, -0.15) is 0 Å². The van der Waals surface area contributed by atoms with E-state index in [9.17, 15) is 23.9 Å². The number of pyridine rings is 1. The van der Waals surface area contributed by atoms with Crippen LogP contribution in [0.2, 0.25) is 0 Å². The number of esters is 1. The van der Waals surface area contributed by atoms with Crippen LogP contribution in [0.5, 0.6) is 0 Å². The highest BCUT2D eigenvalue weighted by Crippen LogP contribution is 2.56. The van der Waals surface area contributed by atoms with Crippen molar-refractivity contribution in [3.05, 3.63) is 60.2 Å². The van der Waals surface area contributed by atoms with E-state index >= 15 is 0 Å². The molecule has 2 heterocycles. The van der Waals surface area contributed by atoms with Gasteiger partial charge in [-0.25, -0.2) is 23.7 Å². The highest BCUT2D eigenvalue weighted by molar-refractivity contribution is 5.88. The minimum atomic E-state index is -1.69. The van der Waals surface area contributed by atoms with Gasteiger partial charge in [-0.05, 0) is 108 Å². The van der Waals surface area contributed by atoms with Gasteiger partial charge in [0, 0.05) is 23.7 Å². The fraction of sp³-hybridized carbons (Fsp3) is 0.529. The Morgan fingerprint density at radius 1 is 1.18 bits per heavy atom. The molecule has 3 aliphatic rings. The predicted octanol–water partition coefficient (Wildman–Crippen LogP) is 6.39. The smallest absolute Gasteiger partial charge is 0.420 e. The van der Waals surface area contributed by atoms with Crippen molar-refractivity contribution >= 4 is 24.2 Å². The molecule has 2 amide bonds. The molecule has 0 radical (unpaired) electrons. The Morgan fingerprint density at radius 2 is 1.95 bits per heavy atom. The Labute approximate surface area is 257 Å². The Hall–Kier alpha value is -3.79. The van der Waals surface area contributed by atoms with Crippen molar-refractivity contribution in [3.8, 4) is 11.1 Å². The van der Waals surface area contributed by atoms with E-state index in [1.807, 2.05) is 37.3 Å². The number of fused-ring (bicyclic) bond motifs is 2. The molecule has 1 aromatic carbocycles. The first-order chi connectivity index (χ1) is 20.8. The van der Waals surface area contributed by atoms with Gasteiger partial charge in [-0.1, -0.05) is 24.3 Å². The van der Waals surface area contributed by atoms with Gasteiger partial charge in [0.15, 0.2) is 5.60 Å². The molecule has 10 heteroatoms. The second-order valence-corrected chi connectivity index (χ2v) is 13.1. The van der Waals surface area contributed by atoms with Gasteiger partial charge in [-0.3, -0.25) is 4.98 Å². The third-order valence-electron chi connectivity index (χ3n) is 9.05. The molecule has 9 nitrogen and oxygen atoms in total. The van der Waals surface area contributed by atoms with Crippen molar-refractivity contribution in [2.45, 2.75) is 83.6 Å². The van der Waals surface area contributed by atoms with Crippen LogP contribution in [-0.2, 0) is 19.0 Å². The second-order valence-electron chi connectivity index (χ2n) is 13.1. The first-order valence-electron chi connectivity index (χ1n) is 15.3. The number of carbonyl (C=O) groups excluding carboxylic acids is 3. The molecule has 0 spiro atoms. The van der Waals surface area contributed by atoms with Crippen molar-refractivity contribution in [2.24, 2.45) is 23.7 Å². The quantitative estimate of drug-likeness (QED) is 0.307. The van der Waals surface area contributed by atoms with E-state index in [1.165, 1.54) is 12.1 Å². The van der Waals surface area contributed by atoms with E-state index in [0.717, 1.165) is 16.0 Å². The lowest BCUT2D eigenvalue weighted by Gasteiger charge is -2.51. The third-order valence-corrected chi connectivity index (χ3v) is 9.05. The monoisotopic (exact) mass is 608 g/mol. The van der Waals surface area contributed by atoms with Gasteiger partial charge in [0.2, 0.25) is 0 Å². The van der Waals surface area contributed by atoms with Crippen LogP contribution >= 0.6 is 0 Å². The number of amides is 2. The number of hydrogen-bond acceptors (Lipinski definition) is 8. The molecule has 3 fully saturated rings. The van der Waals surface area contributed by atoms with Gasteiger partial charge < -0.3 is 19.3 Å². The van der Waals surface area contributed by atoms with Crippen LogP contribution in [0.25, 0.3) is 17.2 Å². The van der Waals surface area contributed by atoms with Gasteiger partial charge in [0.05, 0.1) is 12.3 Å². The number of carbonyl (C=O) groups is 3. The third kappa shape index (κ3) is 6.36. The highest BCUT2D eigenvalue weighted by atomic mass is 19.1. The number of ether oxygens (including phenoxy) is 3. The second kappa shape index (κ2) is 12.3. The first kappa shape index (κ1) is 31.6. The zero-order valence-electron chi connectivity index (χ0n) is 25.9. The van der Waals surface area contributed by atoms with Crippen LogP contribution < -0.4 is 0 Å². The molecule has 2 saturated carbocycles. The summed E-state index contributed by atoms with van der Waals surface area (Å²) in [7, 11) is 0. The van der Waals surface area contributed by atoms with Crippen LogP contribution in [0.1, 0.15) is 66.0 Å². The number of hydrogen-bond donors (Lipinski definition) is 1. The Morgan fingerprint density at radius 3 is 2.61 bits per heavy atom. The standard InChI is InChI=1S/C34H41FN2O7/c1-6-42-31(39)37(32(40)44-33(3,4)5)26-13-15-27-23(17-26)18-34(41)29(20(2)43-30(34)38)28(27)14-12-25-11-10-22(19-36-25)21-8-7-9-24(35)16-21/h7-12,14,16,19-20,23,26-29,41H,6,13,15,17-18H2,1-5H3/t20-,23+,26?,27-,28+,29+,34+/m1/s1. The minimum absolute atomic E-state index is 0.0685. The van der Waals surface area contributed by atoms with Crippen LogP contribution in [-0.4, -0.2) is 63.1 Å². The molecular weight excluding hydrogens is 567 g/mol.